The van der Waals surface area contributed by atoms with E-state index in [0.717, 1.165) is 18.4 Å². The van der Waals surface area contributed by atoms with Gasteiger partial charge in [-0.15, -0.1) is 0 Å². The van der Waals surface area contributed by atoms with Gasteiger partial charge in [0.1, 0.15) is 0 Å². The summed E-state index contributed by atoms with van der Waals surface area (Å²) in [4.78, 5) is 2.39. The Hall–Kier alpha value is -0.820. The van der Waals surface area contributed by atoms with Crippen molar-refractivity contribution >= 4 is 0 Å². The molecule has 0 aliphatic heterocycles. The number of hydrogen-bond donors (Lipinski definition) is 0. The van der Waals surface area contributed by atoms with Crippen molar-refractivity contribution in [1.29, 1.82) is 0 Å². The third-order valence-electron chi connectivity index (χ3n) is 4.29. The second-order valence-corrected chi connectivity index (χ2v) is 5.56. The molecule has 17 heavy (non-hydrogen) atoms. The summed E-state index contributed by atoms with van der Waals surface area (Å²) in [6.45, 7) is 2.22. The zero-order chi connectivity index (χ0) is 12.3. The van der Waals surface area contributed by atoms with Crippen LogP contribution < -0.4 is 0 Å². The van der Waals surface area contributed by atoms with E-state index >= 15 is 0 Å². The van der Waals surface area contributed by atoms with Crippen LogP contribution in [-0.2, 0) is 6.42 Å². The van der Waals surface area contributed by atoms with Crippen LogP contribution in [0.15, 0.2) is 24.3 Å². The normalized spacial score (nSPS) is 25.2. The lowest BCUT2D eigenvalue weighted by atomic mass is 9.81. The molecule has 1 aliphatic rings. The predicted molar refractivity (Wildman–Crippen MR) is 74.5 cm³/mol. The van der Waals surface area contributed by atoms with Crippen molar-refractivity contribution in [3.8, 4) is 0 Å². The van der Waals surface area contributed by atoms with Crippen molar-refractivity contribution in [2.75, 3.05) is 14.1 Å². The highest BCUT2D eigenvalue weighted by Gasteiger charge is 2.23. The van der Waals surface area contributed by atoms with Crippen molar-refractivity contribution in [3.05, 3.63) is 35.4 Å². The molecule has 0 aromatic heterocycles. The first-order chi connectivity index (χ1) is 8.20. The van der Waals surface area contributed by atoms with Gasteiger partial charge in [0.25, 0.3) is 0 Å². The van der Waals surface area contributed by atoms with E-state index in [-0.39, 0.29) is 0 Å². The molecule has 0 unspecified atom stereocenters. The molecule has 0 bridgehead atoms. The highest BCUT2D eigenvalue weighted by molar-refractivity contribution is 5.25. The SMILES string of the molecule is CCc1ccc([C@H]2CC[C@H](N(C)C)CC2)cc1. The van der Waals surface area contributed by atoms with Gasteiger partial charge in [-0.05, 0) is 63.2 Å². The Bertz CT molecular complexity index is 331. The minimum absolute atomic E-state index is 0.803. The Morgan fingerprint density at radius 2 is 1.59 bits per heavy atom. The molecule has 1 fully saturated rings. The molecule has 94 valence electrons. The molecular formula is C16H25N. The fourth-order valence-corrected chi connectivity index (χ4v) is 2.95. The quantitative estimate of drug-likeness (QED) is 0.764. The standard InChI is InChI=1S/C16H25N/c1-4-13-5-7-14(8-6-13)15-9-11-16(12-10-15)17(2)3/h5-8,15-16H,4,9-12H2,1-3H3/t15-,16-. The molecule has 0 spiro atoms. The number of benzene rings is 1. The number of nitrogens with zero attached hydrogens (tertiary/aromatic N) is 1. The summed E-state index contributed by atoms with van der Waals surface area (Å²) >= 11 is 0. The van der Waals surface area contributed by atoms with Gasteiger partial charge in [0.15, 0.2) is 0 Å². The monoisotopic (exact) mass is 231 g/mol. The number of rotatable bonds is 3. The Balaban J connectivity index is 1.95. The van der Waals surface area contributed by atoms with Crippen LogP contribution in [0.5, 0.6) is 0 Å². The predicted octanol–water partition coefficient (Wildman–Crippen LogP) is 3.84. The van der Waals surface area contributed by atoms with Crippen LogP contribution in [0.4, 0.5) is 0 Å². The van der Waals surface area contributed by atoms with Gasteiger partial charge in [-0.25, -0.2) is 0 Å². The van der Waals surface area contributed by atoms with E-state index < -0.39 is 0 Å². The first-order valence-corrected chi connectivity index (χ1v) is 6.96. The van der Waals surface area contributed by atoms with E-state index in [1.807, 2.05) is 0 Å². The molecule has 0 amide bonds. The average molecular weight is 231 g/mol. The third kappa shape index (κ3) is 3.10. The molecule has 0 radical (unpaired) electrons. The van der Waals surface area contributed by atoms with Gasteiger partial charge in [0.2, 0.25) is 0 Å². The van der Waals surface area contributed by atoms with E-state index in [2.05, 4.69) is 50.2 Å². The zero-order valence-electron chi connectivity index (χ0n) is 11.4. The molecule has 1 aliphatic carbocycles. The average Bonchev–Trinajstić information content (AvgIpc) is 2.39. The number of aryl methyl sites for hydroxylation is 1. The van der Waals surface area contributed by atoms with Gasteiger partial charge >= 0.3 is 0 Å². The highest BCUT2D eigenvalue weighted by Crippen LogP contribution is 2.34. The topological polar surface area (TPSA) is 3.24 Å². The summed E-state index contributed by atoms with van der Waals surface area (Å²) in [5, 5.41) is 0. The van der Waals surface area contributed by atoms with Gasteiger partial charge in [0, 0.05) is 6.04 Å². The van der Waals surface area contributed by atoms with Gasteiger partial charge in [-0.2, -0.15) is 0 Å². The van der Waals surface area contributed by atoms with Crippen LogP contribution in [-0.4, -0.2) is 25.0 Å². The van der Waals surface area contributed by atoms with E-state index in [0.29, 0.717) is 0 Å². The van der Waals surface area contributed by atoms with Gasteiger partial charge < -0.3 is 4.90 Å². The maximum absolute atomic E-state index is 2.39. The lowest BCUT2D eigenvalue weighted by Crippen LogP contribution is -2.31. The lowest BCUT2D eigenvalue weighted by molar-refractivity contribution is 0.216. The largest absolute Gasteiger partial charge is 0.306 e. The molecule has 2 rings (SSSR count). The summed E-state index contributed by atoms with van der Waals surface area (Å²) in [5.41, 5.74) is 3.01. The van der Waals surface area contributed by atoms with Gasteiger partial charge in [-0.1, -0.05) is 31.2 Å². The second kappa shape index (κ2) is 5.68. The minimum Gasteiger partial charge on any atom is -0.306 e. The summed E-state index contributed by atoms with van der Waals surface area (Å²) < 4.78 is 0. The maximum Gasteiger partial charge on any atom is 0.00896 e. The summed E-state index contributed by atoms with van der Waals surface area (Å²) in [7, 11) is 4.42. The van der Waals surface area contributed by atoms with Crippen LogP contribution in [0, 0.1) is 0 Å². The van der Waals surface area contributed by atoms with Gasteiger partial charge in [0.05, 0.1) is 0 Å². The molecule has 0 N–H and O–H groups in total. The minimum atomic E-state index is 0.803. The molecule has 0 saturated heterocycles. The van der Waals surface area contributed by atoms with Crippen LogP contribution in [0.25, 0.3) is 0 Å². The molecule has 1 aromatic rings. The number of hydrogen-bond acceptors (Lipinski definition) is 1. The summed E-state index contributed by atoms with van der Waals surface area (Å²) in [6.07, 6.45) is 6.57. The Morgan fingerprint density at radius 3 is 2.06 bits per heavy atom. The van der Waals surface area contributed by atoms with Crippen LogP contribution in [0.3, 0.4) is 0 Å². The third-order valence-corrected chi connectivity index (χ3v) is 4.29. The lowest BCUT2D eigenvalue weighted by Gasteiger charge is -2.32. The first-order valence-electron chi connectivity index (χ1n) is 6.96. The molecular weight excluding hydrogens is 206 g/mol. The first kappa shape index (κ1) is 12.6. The van der Waals surface area contributed by atoms with Gasteiger partial charge in [-0.3, -0.25) is 0 Å². The summed E-state index contributed by atoms with van der Waals surface area (Å²) in [6, 6.07) is 10.1. The van der Waals surface area contributed by atoms with Crippen molar-refractivity contribution in [2.24, 2.45) is 0 Å². The van der Waals surface area contributed by atoms with Crippen LogP contribution >= 0.6 is 0 Å². The molecule has 1 heteroatoms. The highest BCUT2D eigenvalue weighted by atomic mass is 15.1. The fraction of sp³-hybridized carbons (Fsp3) is 0.625. The maximum atomic E-state index is 2.39. The summed E-state index contributed by atoms with van der Waals surface area (Å²) in [5.74, 6) is 0.803. The second-order valence-electron chi connectivity index (χ2n) is 5.56. The van der Waals surface area contributed by atoms with Crippen molar-refractivity contribution < 1.29 is 0 Å². The molecule has 0 atom stereocenters. The zero-order valence-corrected chi connectivity index (χ0v) is 11.4. The molecule has 1 saturated carbocycles. The van der Waals surface area contributed by atoms with E-state index in [1.165, 1.54) is 31.2 Å². The van der Waals surface area contributed by atoms with Crippen molar-refractivity contribution in [3.63, 3.8) is 0 Å². The fourth-order valence-electron chi connectivity index (χ4n) is 2.95. The van der Waals surface area contributed by atoms with Crippen molar-refractivity contribution in [1.82, 2.24) is 4.90 Å². The van der Waals surface area contributed by atoms with E-state index in [4.69, 9.17) is 0 Å². The smallest absolute Gasteiger partial charge is 0.00896 e. The Kier molecular flexibility index (Phi) is 4.22. The van der Waals surface area contributed by atoms with E-state index in [1.54, 1.807) is 5.56 Å². The Morgan fingerprint density at radius 1 is 1.00 bits per heavy atom. The van der Waals surface area contributed by atoms with Crippen LogP contribution in [0.1, 0.15) is 49.7 Å². The van der Waals surface area contributed by atoms with Crippen LogP contribution in [0.2, 0.25) is 0 Å². The Labute approximate surface area is 106 Å². The van der Waals surface area contributed by atoms with Crippen molar-refractivity contribution in [2.45, 2.75) is 51.0 Å². The molecule has 1 aromatic carbocycles. The van der Waals surface area contributed by atoms with E-state index in [9.17, 15) is 0 Å². The molecule has 1 nitrogen and oxygen atoms in total. The molecule has 0 heterocycles.